The highest BCUT2D eigenvalue weighted by atomic mass is 19.1. The summed E-state index contributed by atoms with van der Waals surface area (Å²) in [4.78, 5) is 0. The summed E-state index contributed by atoms with van der Waals surface area (Å²) in [6.45, 7) is 6.84. The van der Waals surface area contributed by atoms with Crippen LogP contribution in [0.25, 0.3) is 0 Å². The lowest BCUT2D eigenvalue weighted by molar-refractivity contribution is 0.178. The van der Waals surface area contributed by atoms with E-state index < -0.39 is 0 Å². The average molecular weight is 260 g/mol. The molecule has 0 spiro atoms. The smallest absolute Gasteiger partial charge is 0.124 e. The van der Waals surface area contributed by atoms with E-state index in [9.17, 15) is 4.39 Å². The molecule has 0 saturated heterocycles. The zero-order valence-corrected chi connectivity index (χ0v) is 11.8. The van der Waals surface area contributed by atoms with Crippen LogP contribution in [0.3, 0.4) is 0 Å². The zero-order valence-electron chi connectivity index (χ0n) is 11.8. The first-order valence-electron chi connectivity index (χ1n) is 6.86. The number of hydrogen-bond acceptors (Lipinski definition) is 2. The van der Waals surface area contributed by atoms with Crippen molar-refractivity contribution < 1.29 is 4.39 Å². The standard InChI is InChI=1S/C16H21FN2/c1-11-6-14(9-16(2,3)8-11)19-15-5-4-13(17)7-12(15)10-18/h4-5,7,11,14,19H,6,8-9H2,1-3H3. The van der Waals surface area contributed by atoms with E-state index in [-0.39, 0.29) is 5.82 Å². The SMILES string of the molecule is CC1CC(Nc2ccc(F)cc2C#N)CC(C)(C)C1. The first kappa shape index (κ1) is 13.9. The van der Waals surface area contributed by atoms with Crippen LogP contribution in [0.4, 0.5) is 10.1 Å². The van der Waals surface area contributed by atoms with Gasteiger partial charge >= 0.3 is 0 Å². The maximum Gasteiger partial charge on any atom is 0.124 e. The van der Waals surface area contributed by atoms with Crippen LogP contribution < -0.4 is 5.32 Å². The van der Waals surface area contributed by atoms with E-state index in [0.717, 1.165) is 18.5 Å². The Bertz CT molecular complexity index is 502. The molecule has 2 unspecified atom stereocenters. The number of rotatable bonds is 2. The van der Waals surface area contributed by atoms with Crippen LogP contribution in [-0.4, -0.2) is 6.04 Å². The van der Waals surface area contributed by atoms with Gasteiger partial charge in [-0.15, -0.1) is 0 Å². The van der Waals surface area contributed by atoms with Crippen LogP contribution >= 0.6 is 0 Å². The van der Waals surface area contributed by atoms with Crippen molar-refractivity contribution in [2.45, 2.75) is 46.1 Å². The van der Waals surface area contributed by atoms with Gasteiger partial charge in [-0.25, -0.2) is 4.39 Å². The summed E-state index contributed by atoms with van der Waals surface area (Å²) in [6, 6.07) is 6.77. The number of nitrogens with zero attached hydrogens (tertiary/aromatic N) is 1. The van der Waals surface area contributed by atoms with Gasteiger partial charge in [-0.2, -0.15) is 5.26 Å². The minimum absolute atomic E-state index is 0.322. The van der Waals surface area contributed by atoms with E-state index in [1.807, 2.05) is 0 Å². The van der Waals surface area contributed by atoms with Crippen molar-refractivity contribution in [3.8, 4) is 6.07 Å². The molecular formula is C16H21FN2. The van der Waals surface area contributed by atoms with E-state index in [4.69, 9.17) is 5.26 Å². The Kier molecular flexibility index (Phi) is 3.80. The summed E-state index contributed by atoms with van der Waals surface area (Å²) in [7, 11) is 0. The van der Waals surface area contributed by atoms with Crippen molar-refractivity contribution in [3.05, 3.63) is 29.6 Å². The molecule has 1 saturated carbocycles. The molecule has 1 aromatic rings. The van der Waals surface area contributed by atoms with Gasteiger partial charge in [0.1, 0.15) is 11.9 Å². The lowest BCUT2D eigenvalue weighted by Gasteiger charge is -2.39. The van der Waals surface area contributed by atoms with E-state index in [1.165, 1.54) is 18.6 Å². The number of halogens is 1. The molecule has 1 aliphatic rings. The normalized spacial score (nSPS) is 25.6. The fourth-order valence-corrected chi connectivity index (χ4v) is 3.41. The Balaban J connectivity index is 2.15. The molecule has 0 heterocycles. The van der Waals surface area contributed by atoms with Crippen molar-refractivity contribution in [1.82, 2.24) is 0 Å². The number of anilines is 1. The highest BCUT2D eigenvalue weighted by Gasteiger charge is 2.32. The maximum atomic E-state index is 13.1. The summed E-state index contributed by atoms with van der Waals surface area (Å²) in [5, 5.41) is 12.5. The topological polar surface area (TPSA) is 35.8 Å². The van der Waals surface area contributed by atoms with Crippen LogP contribution in [0.1, 0.15) is 45.6 Å². The second kappa shape index (κ2) is 5.21. The van der Waals surface area contributed by atoms with Gasteiger partial charge in [0.25, 0.3) is 0 Å². The van der Waals surface area contributed by atoms with Crippen LogP contribution in [-0.2, 0) is 0 Å². The number of nitriles is 1. The number of benzene rings is 1. The van der Waals surface area contributed by atoms with Crippen molar-refractivity contribution in [2.24, 2.45) is 11.3 Å². The molecule has 3 heteroatoms. The molecule has 1 N–H and O–H groups in total. The Morgan fingerprint density at radius 2 is 2.11 bits per heavy atom. The minimum Gasteiger partial charge on any atom is -0.381 e. The summed E-state index contributed by atoms with van der Waals surface area (Å²) in [5.41, 5.74) is 1.46. The fraction of sp³-hybridized carbons (Fsp3) is 0.562. The van der Waals surface area contributed by atoms with Crippen LogP contribution in [0, 0.1) is 28.5 Å². The number of nitrogens with one attached hydrogen (secondary N) is 1. The first-order chi connectivity index (χ1) is 8.89. The summed E-state index contributed by atoms with van der Waals surface area (Å²) < 4.78 is 13.1. The second-order valence-corrected chi connectivity index (χ2v) is 6.56. The van der Waals surface area contributed by atoms with Crippen LogP contribution in [0.2, 0.25) is 0 Å². The zero-order chi connectivity index (χ0) is 14.0. The van der Waals surface area contributed by atoms with Crippen molar-refractivity contribution in [2.75, 3.05) is 5.32 Å². The van der Waals surface area contributed by atoms with Gasteiger partial charge in [-0.1, -0.05) is 20.8 Å². The van der Waals surface area contributed by atoms with E-state index in [0.29, 0.717) is 22.9 Å². The Morgan fingerprint density at radius 1 is 1.37 bits per heavy atom. The molecule has 0 aromatic heterocycles. The number of hydrogen-bond donors (Lipinski definition) is 1. The third-order valence-electron chi connectivity index (χ3n) is 3.85. The third kappa shape index (κ3) is 3.47. The summed E-state index contributed by atoms with van der Waals surface area (Å²) in [5.74, 6) is 0.312. The molecule has 0 bridgehead atoms. The third-order valence-corrected chi connectivity index (χ3v) is 3.85. The molecule has 1 fully saturated rings. The van der Waals surface area contributed by atoms with E-state index in [1.54, 1.807) is 6.07 Å². The van der Waals surface area contributed by atoms with Crippen molar-refractivity contribution in [3.63, 3.8) is 0 Å². The van der Waals surface area contributed by atoms with Crippen molar-refractivity contribution >= 4 is 5.69 Å². The lowest BCUT2D eigenvalue weighted by Crippen LogP contribution is -2.35. The molecule has 2 atom stereocenters. The summed E-state index contributed by atoms with van der Waals surface area (Å²) in [6.07, 6.45) is 3.42. The van der Waals surface area contributed by atoms with Gasteiger partial charge in [0.2, 0.25) is 0 Å². The molecule has 2 nitrogen and oxygen atoms in total. The largest absolute Gasteiger partial charge is 0.381 e. The van der Waals surface area contributed by atoms with Gasteiger partial charge in [0.15, 0.2) is 0 Å². The van der Waals surface area contributed by atoms with Gasteiger partial charge in [0.05, 0.1) is 11.3 Å². The monoisotopic (exact) mass is 260 g/mol. The average Bonchev–Trinajstić information content (AvgIpc) is 2.28. The van der Waals surface area contributed by atoms with E-state index >= 15 is 0 Å². The lowest BCUT2D eigenvalue weighted by atomic mass is 9.70. The van der Waals surface area contributed by atoms with Gasteiger partial charge in [-0.3, -0.25) is 0 Å². The molecule has 1 aromatic carbocycles. The molecule has 0 aliphatic heterocycles. The molecule has 0 radical (unpaired) electrons. The predicted molar refractivity (Wildman–Crippen MR) is 75.3 cm³/mol. The maximum absolute atomic E-state index is 13.1. The Hall–Kier alpha value is -1.56. The molecular weight excluding hydrogens is 239 g/mol. The van der Waals surface area contributed by atoms with Crippen molar-refractivity contribution in [1.29, 1.82) is 5.26 Å². The molecule has 0 amide bonds. The Labute approximate surface area is 114 Å². The molecule has 2 rings (SSSR count). The van der Waals surface area contributed by atoms with E-state index in [2.05, 4.69) is 32.2 Å². The quantitative estimate of drug-likeness (QED) is 0.859. The highest BCUT2D eigenvalue weighted by molar-refractivity contribution is 5.58. The fourth-order valence-electron chi connectivity index (χ4n) is 3.41. The Morgan fingerprint density at radius 3 is 2.74 bits per heavy atom. The molecule has 102 valence electrons. The van der Waals surface area contributed by atoms with Gasteiger partial charge in [0, 0.05) is 6.04 Å². The second-order valence-electron chi connectivity index (χ2n) is 6.56. The summed E-state index contributed by atoms with van der Waals surface area (Å²) >= 11 is 0. The van der Waals surface area contributed by atoms with Crippen LogP contribution in [0.5, 0.6) is 0 Å². The van der Waals surface area contributed by atoms with Gasteiger partial charge < -0.3 is 5.32 Å². The minimum atomic E-state index is -0.362. The van der Waals surface area contributed by atoms with Gasteiger partial charge in [-0.05, 0) is 48.8 Å². The predicted octanol–water partition coefficient (Wildman–Crippen LogP) is 4.32. The highest BCUT2D eigenvalue weighted by Crippen LogP contribution is 2.39. The van der Waals surface area contributed by atoms with Crippen LogP contribution in [0.15, 0.2) is 18.2 Å². The molecule has 1 aliphatic carbocycles. The first-order valence-corrected chi connectivity index (χ1v) is 6.86. The molecule has 19 heavy (non-hydrogen) atoms.